The number of carbonyl (C=O) groups excluding carboxylic acids is 1. The molecule has 1 aliphatic heterocycles. The Balaban J connectivity index is 2.01. The number of aromatic amines is 2. The van der Waals surface area contributed by atoms with Crippen LogP contribution in [0, 0.1) is 11.7 Å². The third kappa shape index (κ3) is 4.01. The van der Waals surface area contributed by atoms with E-state index in [-0.39, 0.29) is 23.7 Å². The zero-order valence-electron chi connectivity index (χ0n) is 12.6. The molecule has 0 aromatic carbocycles. The van der Waals surface area contributed by atoms with E-state index in [9.17, 15) is 9.59 Å². The number of nitrogens with zero attached hydrogens (tertiary/aromatic N) is 1. The lowest BCUT2D eigenvalue weighted by Crippen LogP contribution is -2.48. The molecule has 1 aliphatic rings. The lowest BCUT2D eigenvalue weighted by atomic mass is 10.1. The van der Waals surface area contributed by atoms with Crippen LogP contribution in [0.25, 0.3) is 0 Å². The second-order valence-electron chi connectivity index (χ2n) is 5.57. The van der Waals surface area contributed by atoms with E-state index in [0.29, 0.717) is 36.3 Å². The minimum absolute atomic E-state index is 0.0515. The molecule has 0 radical (unpaired) electrons. The number of morpholine rings is 1. The summed E-state index contributed by atoms with van der Waals surface area (Å²) in [5.41, 5.74) is 1.10. The van der Waals surface area contributed by atoms with E-state index in [1.165, 1.54) is 0 Å². The highest BCUT2D eigenvalue weighted by Crippen LogP contribution is 2.13. The summed E-state index contributed by atoms with van der Waals surface area (Å²) in [6.07, 6.45) is 0.826. The molecule has 1 amide bonds. The Morgan fingerprint density at radius 3 is 2.52 bits per heavy atom. The van der Waals surface area contributed by atoms with Crippen molar-refractivity contribution in [2.45, 2.75) is 45.8 Å². The molecule has 21 heavy (non-hydrogen) atoms. The van der Waals surface area contributed by atoms with Gasteiger partial charge in [0.2, 0.25) is 5.91 Å². The van der Waals surface area contributed by atoms with Crippen molar-refractivity contribution in [3.63, 3.8) is 0 Å². The van der Waals surface area contributed by atoms with E-state index in [0.717, 1.165) is 5.69 Å². The molecule has 1 saturated heterocycles. The van der Waals surface area contributed by atoms with Crippen molar-refractivity contribution in [1.82, 2.24) is 14.9 Å². The second kappa shape index (κ2) is 6.53. The predicted octanol–water partition coefficient (Wildman–Crippen LogP) is 1.31. The number of rotatable bonds is 3. The first kappa shape index (κ1) is 15.9. The van der Waals surface area contributed by atoms with Gasteiger partial charge >= 0.3 is 0 Å². The lowest BCUT2D eigenvalue weighted by molar-refractivity contribution is -0.143. The molecule has 1 aromatic rings. The second-order valence-corrected chi connectivity index (χ2v) is 5.98. The standard InChI is InChI=1S/C14H21N3O3S/c1-8-6-17(7-9(2)20-8)12(18)5-4-11-10(3)15-14(21)16-13(11)19/h8-9H,4-7H2,1-3H3,(H2,15,16,19,21). The molecule has 1 aromatic heterocycles. The van der Waals surface area contributed by atoms with Crippen molar-refractivity contribution in [2.24, 2.45) is 0 Å². The fourth-order valence-electron chi connectivity index (χ4n) is 2.70. The number of hydrogen-bond acceptors (Lipinski definition) is 4. The SMILES string of the molecule is Cc1[nH]c(=S)[nH]c(=O)c1CCC(=O)N1CC(C)OC(C)C1. The maximum atomic E-state index is 12.3. The molecular formula is C14H21N3O3S. The molecule has 6 nitrogen and oxygen atoms in total. The van der Waals surface area contributed by atoms with Gasteiger partial charge < -0.3 is 14.6 Å². The summed E-state index contributed by atoms with van der Waals surface area (Å²) in [5.74, 6) is 0.0539. The van der Waals surface area contributed by atoms with Gasteiger partial charge in [0.1, 0.15) is 0 Å². The monoisotopic (exact) mass is 311 g/mol. The number of carbonyl (C=O) groups is 1. The van der Waals surface area contributed by atoms with Crippen LogP contribution in [-0.2, 0) is 16.0 Å². The number of aromatic nitrogens is 2. The average Bonchev–Trinajstić information content (AvgIpc) is 2.35. The number of H-pyrrole nitrogens is 2. The molecule has 2 unspecified atom stereocenters. The quantitative estimate of drug-likeness (QED) is 0.825. The van der Waals surface area contributed by atoms with Crippen molar-refractivity contribution in [1.29, 1.82) is 0 Å². The van der Waals surface area contributed by atoms with Gasteiger partial charge in [-0.2, -0.15) is 0 Å². The molecule has 7 heteroatoms. The van der Waals surface area contributed by atoms with Gasteiger partial charge in [0.25, 0.3) is 5.56 Å². The Labute approximate surface area is 128 Å². The molecule has 2 rings (SSSR count). The first-order chi connectivity index (χ1) is 9.86. The highest BCUT2D eigenvalue weighted by molar-refractivity contribution is 7.71. The summed E-state index contributed by atoms with van der Waals surface area (Å²) in [6.45, 7) is 6.93. The van der Waals surface area contributed by atoms with E-state index in [4.69, 9.17) is 17.0 Å². The molecule has 1 fully saturated rings. The van der Waals surface area contributed by atoms with Crippen molar-refractivity contribution in [2.75, 3.05) is 13.1 Å². The van der Waals surface area contributed by atoms with Crippen LogP contribution in [0.3, 0.4) is 0 Å². The van der Waals surface area contributed by atoms with Gasteiger partial charge in [0.05, 0.1) is 12.2 Å². The third-order valence-corrected chi connectivity index (χ3v) is 3.82. The zero-order chi connectivity index (χ0) is 15.6. The van der Waals surface area contributed by atoms with Gasteiger partial charge in [0.15, 0.2) is 4.77 Å². The number of nitrogens with one attached hydrogen (secondary N) is 2. The van der Waals surface area contributed by atoms with Crippen molar-refractivity contribution < 1.29 is 9.53 Å². The molecule has 0 aliphatic carbocycles. The van der Waals surface area contributed by atoms with Gasteiger partial charge in [-0.25, -0.2) is 0 Å². The molecule has 0 bridgehead atoms. The van der Waals surface area contributed by atoms with Gasteiger partial charge in [-0.3, -0.25) is 14.6 Å². The molecule has 2 atom stereocenters. The van der Waals surface area contributed by atoms with Crippen molar-refractivity contribution in [3.05, 3.63) is 26.4 Å². The summed E-state index contributed by atoms with van der Waals surface area (Å²) < 4.78 is 5.92. The van der Waals surface area contributed by atoms with Crippen LogP contribution < -0.4 is 5.56 Å². The molecule has 0 spiro atoms. The van der Waals surface area contributed by atoms with Crippen LogP contribution in [0.15, 0.2) is 4.79 Å². The molecule has 0 saturated carbocycles. The van der Waals surface area contributed by atoms with Gasteiger partial charge in [0, 0.05) is 30.8 Å². The number of aryl methyl sites for hydroxylation is 1. The molecule has 116 valence electrons. The lowest BCUT2D eigenvalue weighted by Gasteiger charge is -2.35. The van der Waals surface area contributed by atoms with Gasteiger partial charge in [-0.05, 0) is 39.4 Å². The van der Waals surface area contributed by atoms with Crippen LogP contribution in [0.4, 0.5) is 0 Å². The fourth-order valence-corrected chi connectivity index (χ4v) is 2.94. The molecule has 2 heterocycles. The summed E-state index contributed by atoms with van der Waals surface area (Å²) >= 11 is 4.91. The minimum Gasteiger partial charge on any atom is -0.372 e. The van der Waals surface area contributed by atoms with Gasteiger partial charge in [-0.1, -0.05) is 0 Å². The highest BCUT2D eigenvalue weighted by Gasteiger charge is 2.25. The summed E-state index contributed by atoms with van der Waals surface area (Å²) in [7, 11) is 0. The zero-order valence-corrected chi connectivity index (χ0v) is 13.4. The maximum Gasteiger partial charge on any atom is 0.255 e. The average molecular weight is 311 g/mol. The number of amides is 1. The maximum absolute atomic E-state index is 12.3. The Morgan fingerprint density at radius 1 is 1.33 bits per heavy atom. The molecular weight excluding hydrogens is 290 g/mol. The van der Waals surface area contributed by atoms with E-state index in [2.05, 4.69) is 9.97 Å². The predicted molar refractivity (Wildman–Crippen MR) is 81.9 cm³/mol. The minimum atomic E-state index is -0.215. The number of hydrogen-bond donors (Lipinski definition) is 2. The van der Waals surface area contributed by atoms with Crippen molar-refractivity contribution in [3.8, 4) is 0 Å². The Hall–Kier alpha value is -1.47. The largest absolute Gasteiger partial charge is 0.372 e. The summed E-state index contributed by atoms with van der Waals surface area (Å²) in [6, 6.07) is 0. The van der Waals surface area contributed by atoms with Gasteiger partial charge in [-0.15, -0.1) is 0 Å². The number of ether oxygens (including phenoxy) is 1. The highest BCUT2D eigenvalue weighted by atomic mass is 32.1. The van der Waals surface area contributed by atoms with E-state index < -0.39 is 0 Å². The van der Waals surface area contributed by atoms with Crippen LogP contribution in [0.5, 0.6) is 0 Å². The normalized spacial score (nSPS) is 22.3. The fraction of sp³-hybridized carbons (Fsp3) is 0.643. The van der Waals surface area contributed by atoms with Crippen LogP contribution in [-0.4, -0.2) is 46.1 Å². The molecule has 2 N–H and O–H groups in total. The Bertz CT molecular complexity index is 627. The Morgan fingerprint density at radius 2 is 1.95 bits per heavy atom. The van der Waals surface area contributed by atoms with E-state index in [1.54, 1.807) is 6.92 Å². The van der Waals surface area contributed by atoms with Crippen LogP contribution in [0.2, 0.25) is 0 Å². The van der Waals surface area contributed by atoms with Crippen LogP contribution >= 0.6 is 12.2 Å². The van der Waals surface area contributed by atoms with E-state index >= 15 is 0 Å². The topological polar surface area (TPSA) is 78.2 Å². The first-order valence-corrected chi connectivity index (χ1v) is 7.53. The van der Waals surface area contributed by atoms with E-state index in [1.807, 2.05) is 18.7 Å². The smallest absolute Gasteiger partial charge is 0.255 e. The van der Waals surface area contributed by atoms with Crippen molar-refractivity contribution >= 4 is 18.1 Å². The third-order valence-electron chi connectivity index (χ3n) is 3.62. The first-order valence-electron chi connectivity index (χ1n) is 7.12. The summed E-state index contributed by atoms with van der Waals surface area (Å²) in [4.78, 5) is 31.4. The summed E-state index contributed by atoms with van der Waals surface area (Å²) in [5, 5.41) is 0. The Kier molecular flexibility index (Phi) is 4.95. The van der Waals surface area contributed by atoms with Crippen LogP contribution in [0.1, 0.15) is 31.5 Å².